The molecule has 22 heavy (non-hydrogen) atoms. The number of benzene rings is 1. The molecule has 114 valence electrons. The lowest BCUT2D eigenvalue weighted by Gasteiger charge is -2.12. The fourth-order valence-corrected chi connectivity index (χ4v) is 2.40. The summed E-state index contributed by atoms with van der Waals surface area (Å²) < 4.78 is 0. The second-order valence-electron chi connectivity index (χ2n) is 5.20. The average Bonchev–Trinajstić information content (AvgIpc) is 3.00. The Morgan fingerprint density at radius 3 is 3.05 bits per heavy atom. The molecule has 3 rings (SSSR count). The van der Waals surface area contributed by atoms with Crippen LogP contribution >= 0.6 is 0 Å². The number of aromatic hydroxyl groups is 1. The van der Waals surface area contributed by atoms with Crippen LogP contribution in [0.15, 0.2) is 30.5 Å². The van der Waals surface area contributed by atoms with Crippen LogP contribution in [0.2, 0.25) is 0 Å². The molecule has 1 fully saturated rings. The molecule has 1 aromatic heterocycles. The second kappa shape index (κ2) is 5.98. The van der Waals surface area contributed by atoms with Crippen LogP contribution in [0.4, 0.5) is 5.82 Å². The normalized spacial score (nSPS) is 17.4. The van der Waals surface area contributed by atoms with Crippen molar-refractivity contribution in [3.63, 3.8) is 0 Å². The molecule has 0 unspecified atom stereocenters. The summed E-state index contributed by atoms with van der Waals surface area (Å²) in [6, 6.07) is 6.69. The molecule has 0 spiro atoms. The summed E-state index contributed by atoms with van der Waals surface area (Å²) >= 11 is 0. The van der Waals surface area contributed by atoms with Crippen LogP contribution in [0.1, 0.15) is 16.9 Å². The molecule has 7 heteroatoms. The molecule has 0 bridgehead atoms. The predicted octanol–water partition coefficient (Wildman–Crippen LogP) is 0.523. The number of nitrogens with one attached hydrogen (secondary N) is 2. The minimum absolute atomic E-state index is 0.0816. The Balaban J connectivity index is 1.87. The standard InChI is InChI=1S/C15H17N5O2/c16-14-13(15(22)19-10-4-5-17-7-10)20-12(8-18-14)9-2-1-3-11(21)6-9/h1-3,6,8,10,17,21H,4-5,7H2,(H2,16,18)(H,19,22)/t10-/m0/s1. The summed E-state index contributed by atoms with van der Waals surface area (Å²) in [4.78, 5) is 20.6. The molecular weight excluding hydrogens is 282 g/mol. The van der Waals surface area contributed by atoms with Crippen LogP contribution in [0, 0.1) is 0 Å². The number of phenolic OH excluding ortho intramolecular Hbond substituents is 1. The molecule has 2 heterocycles. The zero-order valence-corrected chi connectivity index (χ0v) is 11.9. The lowest BCUT2D eigenvalue weighted by molar-refractivity contribution is 0.0936. The van der Waals surface area contributed by atoms with Gasteiger partial charge in [-0.05, 0) is 25.1 Å². The van der Waals surface area contributed by atoms with E-state index in [1.807, 2.05) is 0 Å². The first-order valence-electron chi connectivity index (χ1n) is 7.07. The van der Waals surface area contributed by atoms with Crippen LogP contribution in [-0.2, 0) is 0 Å². The summed E-state index contributed by atoms with van der Waals surface area (Å²) in [7, 11) is 0. The lowest BCUT2D eigenvalue weighted by Crippen LogP contribution is -2.37. The first-order valence-corrected chi connectivity index (χ1v) is 7.07. The van der Waals surface area contributed by atoms with E-state index in [0.717, 1.165) is 19.5 Å². The second-order valence-corrected chi connectivity index (χ2v) is 5.20. The van der Waals surface area contributed by atoms with Crippen molar-refractivity contribution in [2.45, 2.75) is 12.5 Å². The largest absolute Gasteiger partial charge is 0.508 e. The van der Waals surface area contributed by atoms with Gasteiger partial charge in [0.1, 0.15) is 5.75 Å². The molecule has 1 saturated heterocycles. The molecule has 1 aliphatic rings. The molecule has 1 atom stereocenters. The molecule has 0 saturated carbocycles. The number of nitrogens with two attached hydrogens (primary N) is 1. The number of nitrogen functional groups attached to an aromatic ring is 1. The van der Waals surface area contributed by atoms with E-state index in [9.17, 15) is 9.90 Å². The van der Waals surface area contributed by atoms with Gasteiger partial charge in [0, 0.05) is 18.2 Å². The Bertz CT molecular complexity index is 698. The maximum absolute atomic E-state index is 12.3. The van der Waals surface area contributed by atoms with E-state index in [0.29, 0.717) is 11.3 Å². The number of rotatable bonds is 3. The average molecular weight is 299 g/mol. The van der Waals surface area contributed by atoms with Crippen molar-refractivity contribution in [2.24, 2.45) is 0 Å². The monoisotopic (exact) mass is 299 g/mol. The topological polar surface area (TPSA) is 113 Å². The summed E-state index contributed by atoms with van der Waals surface area (Å²) in [6.45, 7) is 1.63. The Labute approximate surface area is 127 Å². The minimum Gasteiger partial charge on any atom is -0.508 e. The van der Waals surface area contributed by atoms with E-state index in [1.165, 1.54) is 6.20 Å². The number of carbonyl (C=O) groups is 1. The smallest absolute Gasteiger partial charge is 0.274 e. The van der Waals surface area contributed by atoms with Gasteiger partial charge in [-0.2, -0.15) is 0 Å². The highest BCUT2D eigenvalue weighted by molar-refractivity contribution is 5.97. The van der Waals surface area contributed by atoms with E-state index >= 15 is 0 Å². The highest BCUT2D eigenvalue weighted by Crippen LogP contribution is 2.22. The van der Waals surface area contributed by atoms with E-state index in [4.69, 9.17) is 5.73 Å². The molecular formula is C15H17N5O2. The first kappa shape index (κ1) is 14.3. The number of nitrogens with zero attached hydrogens (tertiary/aromatic N) is 2. The number of phenols is 1. The van der Waals surface area contributed by atoms with Gasteiger partial charge >= 0.3 is 0 Å². The zero-order chi connectivity index (χ0) is 15.5. The molecule has 5 N–H and O–H groups in total. The third kappa shape index (κ3) is 2.99. The van der Waals surface area contributed by atoms with Crippen molar-refractivity contribution < 1.29 is 9.90 Å². The van der Waals surface area contributed by atoms with E-state index in [-0.39, 0.29) is 29.2 Å². The lowest BCUT2D eigenvalue weighted by atomic mass is 10.1. The van der Waals surface area contributed by atoms with Crippen LogP contribution in [0.5, 0.6) is 5.75 Å². The van der Waals surface area contributed by atoms with Gasteiger partial charge in [-0.1, -0.05) is 12.1 Å². The van der Waals surface area contributed by atoms with Gasteiger partial charge in [-0.25, -0.2) is 9.97 Å². The summed E-state index contributed by atoms with van der Waals surface area (Å²) in [5, 5.41) is 15.6. The van der Waals surface area contributed by atoms with Crippen LogP contribution in [0.25, 0.3) is 11.3 Å². The van der Waals surface area contributed by atoms with Crippen molar-refractivity contribution in [3.8, 4) is 17.0 Å². The van der Waals surface area contributed by atoms with Gasteiger partial charge in [0.05, 0.1) is 11.9 Å². The summed E-state index contributed by atoms with van der Waals surface area (Å²) in [5.74, 6) is -0.118. The van der Waals surface area contributed by atoms with Crippen LogP contribution in [-0.4, -0.2) is 40.1 Å². The molecule has 7 nitrogen and oxygen atoms in total. The Kier molecular flexibility index (Phi) is 3.88. The highest BCUT2D eigenvalue weighted by atomic mass is 16.3. The van der Waals surface area contributed by atoms with Crippen molar-refractivity contribution in [1.82, 2.24) is 20.6 Å². The van der Waals surface area contributed by atoms with Crippen molar-refractivity contribution >= 4 is 11.7 Å². The number of hydrogen-bond acceptors (Lipinski definition) is 6. The predicted molar refractivity (Wildman–Crippen MR) is 82.3 cm³/mol. The molecule has 0 radical (unpaired) electrons. The maximum atomic E-state index is 12.3. The first-order chi connectivity index (χ1) is 10.6. The quantitative estimate of drug-likeness (QED) is 0.657. The number of amides is 1. The Hall–Kier alpha value is -2.67. The number of carbonyl (C=O) groups excluding carboxylic acids is 1. The minimum atomic E-state index is -0.333. The van der Waals surface area contributed by atoms with Gasteiger partial charge in [0.2, 0.25) is 0 Å². The maximum Gasteiger partial charge on any atom is 0.274 e. The van der Waals surface area contributed by atoms with Gasteiger partial charge in [0.25, 0.3) is 5.91 Å². The number of aromatic nitrogens is 2. The third-order valence-corrected chi connectivity index (χ3v) is 3.55. The van der Waals surface area contributed by atoms with Crippen molar-refractivity contribution in [3.05, 3.63) is 36.2 Å². The van der Waals surface area contributed by atoms with Crippen LogP contribution < -0.4 is 16.4 Å². The van der Waals surface area contributed by atoms with Crippen LogP contribution in [0.3, 0.4) is 0 Å². The Morgan fingerprint density at radius 2 is 2.32 bits per heavy atom. The van der Waals surface area contributed by atoms with Gasteiger partial charge in [-0.3, -0.25) is 4.79 Å². The molecule has 2 aromatic rings. The Morgan fingerprint density at radius 1 is 1.45 bits per heavy atom. The van der Waals surface area contributed by atoms with E-state index in [1.54, 1.807) is 24.3 Å². The van der Waals surface area contributed by atoms with Gasteiger partial charge in [0.15, 0.2) is 11.5 Å². The third-order valence-electron chi connectivity index (χ3n) is 3.55. The fourth-order valence-electron chi connectivity index (χ4n) is 2.40. The molecule has 1 aliphatic heterocycles. The van der Waals surface area contributed by atoms with Crippen molar-refractivity contribution in [2.75, 3.05) is 18.8 Å². The van der Waals surface area contributed by atoms with Gasteiger partial charge in [-0.15, -0.1) is 0 Å². The summed E-state index contributed by atoms with van der Waals surface area (Å²) in [5.41, 5.74) is 7.03. The van der Waals surface area contributed by atoms with Crippen molar-refractivity contribution in [1.29, 1.82) is 0 Å². The highest BCUT2D eigenvalue weighted by Gasteiger charge is 2.21. The SMILES string of the molecule is Nc1ncc(-c2cccc(O)c2)nc1C(=O)N[C@H]1CCNC1. The molecule has 1 aromatic carbocycles. The number of hydrogen-bond donors (Lipinski definition) is 4. The van der Waals surface area contributed by atoms with E-state index in [2.05, 4.69) is 20.6 Å². The van der Waals surface area contributed by atoms with E-state index < -0.39 is 0 Å². The number of anilines is 1. The molecule has 0 aliphatic carbocycles. The molecule has 1 amide bonds. The zero-order valence-electron chi connectivity index (χ0n) is 11.9. The summed E-state index contributed by atoms with van der Waals surface area (Å²) in [6.07, 6.45) is 2.36. The van der Waals surface area contributed by atoms with Gasteiger partial charge < -0.3 is 21.5 Å². The fraction of sp³-hybridized carbons (Fsp3) is 0.267.